The molecule has 1 aromatic rings. The number of hydrogen-bond donors (Lipinski definition) is 2. The van der Waals surface area contributed by atoms with Crippen LogP contribution in [-0.4, -0.2) is 60.6 Å². The molecule has 3 amide bonds. The summed E-state index contributed by atoms with van der Waals surface area (Å²) in [6.45, 7) is 1.09. The highest BCUT2D eigenvalue weighted by Gasteiger charge is 2.35. The van der Waals surface area contributed by atoms with Gasteiger partial charge in [0.25, 0.3) is 11.8 Å². The predicted octanol–water partition coefficient (Wildman–Crippen LogP) is 0.950. The normalized spacial score (nSPS) is 13.3. The second-order valence-electron chi connectivity index (χ2n) is 5.24. The van der Waals surface area contributed by atoms with Crippen LogP contribution >= 0.6 is 15.9 Å². The fourth-order valence-corrected chi connectivity index (χ4v) is 2.74. The topological polar surface area (TPSA) is 95.9 Å². The van der Waals surface area contributed by atoms with Gasteiger partial charge >= 0.3 is 0 Å². The summed E-state index contributed by atoms with van der Waals surface area (Å²) in [7, 11) is 0. The third kappa shape index (κ3) is 4.62. The van der Waals surface area contributed by atoms with Crippen LogP contribution in [0.4, 0.5) is 0 Å². The number of fused-ring (bicyclic) bond motifs is 1. The lowest BCUT2D eigenvalue weighted by molar-refractivity contribution is -0.121. The molecule has 0 unspecified atom stereocenters. The molecule has 0 aromatic heterocycles. The third-order valence-corrected chi connectivity index (χ3v) is 4.02. The van der Waals surface area contributed by atoms with Crippen molar-refractivity contribution in [3.05, 3.63) is 33.8 Å². The van der Waals surface area contributed by atoms with Gasteiger partial charge in [0.2, 0.25) is 5.91 Å². The van der Waals surface area contributed by atoms with E-state index in [-0.39, 0.29) is 43.9 Å². The van der Waals surface area contributed by atoms with Crippen LogP contribution in [0.5, 0.6) is 0 Å². The number of carbonyl (C=O) groups excluding carboxylic acids is 3. The molecular weight excluding hydrogens is 380 g/mol. The molecule has 24 heavy (non-hydrogen) atoms. The SMILES string of the molecule is O=C(CCCN1C(=O)c2ccc(Br)cc2C1=O)NCCOCCO. The Morgan fingerprint density at radius 3 is 2.71 bits per heavy atom. The molecule has 1 aliphatic heterocycles. The predicted molar refractivity (Wildman–Crippen MR) is 89.7 cm³/mol. The van der Waals surface area contributed by atoms with E-state index in [4.69, 9.17) is 9.84 Å². The van der Waals surface area contributed by atoms with Crippen LogP contribution in [0.15, 0.2) is 22.7 Å². The van der Waals surface area contributed by atoms with Crippen LogP contribution in [0.1, 0.15) is 33.6 Å². The molecule has 0 saturated heterocycles. The Morgan fingerprint density at radius 1 is 1.21 bits per heavy atom. The molecule has 0 fully saturated rings. The number of rotatable bonds is 9. The number of aliphatic hydroxyl groups excluding tert-OH is 1. The third-order valence-electron chi connectivity index (χ3n) is 3.52. The summed E-state index contributed by atoms with van der Waals surface area (Å²) in [4.78, 5) is 37.3. The van der Waals surface area contributed by atoms with Crippen molar-refractivity contribution >= 4 is 33.7 Å². The van der Waals surface area contributed by atoms with E-state index in [1.165, 1.54) is 4.90 Å². The van der Waals surface area contributed by atoms with Gasteiger partial charge in [0.15, 0.2) is 0 Å². The zero-order valence-electron chi connectivity index (χ0n) is 13.1. The summed E-state index contributed by atoms with van der Waals surface area (Å²) in [6, 6.07) is 4.98. The lowest BCUT2D eigenvalue weighted by Gasteiger charge is -2.13. The maximum absolute atomic E-state index is 12.3. The van der Waals surface area contributed by atoms with Crippen molar-refractivity contribution < 1.29 is 24.2 Å². The summed E-state index contributed by atoms with van der Waals surface area (Å²) in [6.07, 6.45) is 0.618. The first-order chi connectivity index (χ1) is 11.5. The van der Waals surface area contributed by atoms with E-state index in [0.29, 0.717) is 30.7 Å². The highest BCUT2D eigenvalue weighted by Crippen LogP contribution is 2.26. The van der Waals surface area contributed by atoms with E-state index in [2.05, 4.69) is 21.2 Å². The molecule has 1 aliphatic rings. The highest BCUT2D eigenvalue weighted by atomic mass is 79.9. The number of halogens is 1. The Kier molecular flexibility index (Phi) is 6.89. The van der Waals surface area contributed by atoms with E-state index in [0.717, 1.165) is 4.47 Å². The molecule has 0 saturated carbocycles. The first kappa shape index (κ1) is 18.6. The van der Waals surface area contributed by atoms with Crippen molar-refractivity contribution in [3.63, 3.8) is 0 Å². The molecule has 2 N–H and O–H groups in total. The number of hydrogen-bond acceptors (Lipinski definition) is 5. The molecule has 0 radical (unpaired) electrons. The molecule has 1 aromatic carbocycles. The maximum Gasteiger partial charge on any atom is 0.261 e. The van der Waals surface area contributed by atoms with Gasteiger partial charge in [-0.2, -0.15) is 0 Å². The van der Waals surface area contributed by atoms with Gasteiger partial charge < -0.3 is 15.2 Å². The number of benzene rings is 1. The zero-order chi connectivity index (χ0) is 17.5. The second kappa shape index (κ2) is 8.91. The van der Waals surface area contributed by atoms with Crippen molar-refractivity contribution in [3.8, 4) is 0 Å². The zero-order valence-corrected chi connectivity index (χ0v) is 14.7. The monoisotopic (exact) mass is 398 g/mol. The summed E-state index contributed by atoms with van der Waals surface area (Å²) in [5.74, 6) is -0.809. The summed E-state index contributed by atoms with van der Waals surface area (Å²) in [5.41, 5.74) is 0.786. The molecule has 0 spiro atoms. The largest absolute Gasteiger partial charge is 0.394 e. The quantitative estimate of drug-likeness (QED) is 0.476. The average molecular weight is 399 g/mol. The molecule has 0 aliphatic carbocycles. The lowest BCUT2D eigenvalue weighted by Crippen LogP contribution is -2.32. The van der Waals surface area contributed by atoms with Crippen LogP contribution in [0.2, 0.25) is 0 Å². The number of amides is 3. The molecule has 1 heterocycles. The molecule has 130 valence electrons. The minimum atomic E-state index is -0.325. The highest BCUT2D eigenvalue weighted by molar-refractivity contribution is 9.10. The fourth-order valence-electron chi connectivity index (χ4n) is 2.38. The van der Waals surface area contributed by atoms with Crippen LogP contribution in [0, 0.1) is 0 Å². The Morgan fingerprint density at radius 2 is 1.96 bits per heavy atom. The maximum atomic E-state index is 12.3. The van der Waals surface area contributed by atoms with E-state index in [1.807, 2.05) is 0 Å². The second-order valence-corrected chi connectivity index (χ2v) is 6.16. The van der Waals surface area contributed by atoms with E-state index < -0.39 is 0 Å². The van der Waals surface area contributed by atoms with Crippen LogP contribution in [-0.2, 0) is 9.53 Å². The minimum absolute atomic E-state index is 0.0508. The number of ether oxygens (including phenoxy) is 1. The van der Waals surface area contributed by atoms with Crippen molar-refractivity contribution in [2.75, 3.05) is 32.9 Å². The fraction of sp³-hybridized carbons (Fsp3) is 0.438. The summed E-state index contributed by atoms with van der Waals surface area (Å²) < 4.78 is 5.77. The summed E-state index contributed by atoms with van der Waals surface area (Å²) >= 11 is 3.28. The number of carbonyl (C=O) groups is 3. The summed E-state index contributed by atoms with van der Waals surface area (Å²) in [5, 5.41) is 11.2. The number of nitrogens with zero attached hydrogens (tertiary/aromatic N) is 1. The molecule has 2 rings (SSSR count). The van der Waals surface area contributed by atoms with Gasteiger partial charge in [0.1, 0.15) is 0 Å². The van der Waals surface area contributed by atoms with E-state index in [1.54, 1.807) is 18.2 Å². The van der Waals surface area contributed by atoms with Crippen molar-refractivity contribution in [2.24, 2.45) is 0 Å². The Balaban J connectivity index is 1.74. The Bertz CT molecular complexity index is 635. The Hall–Kier alpha value is -1.77. The first-order valence-electron chi connectivity index (χ1n) is 7.65. The van der Waals surface area contributed by atoms with Gasteiger partial charge in [-0.3, -0.25) is 19.3 Å². The first-order valence-corrected chi connectivity index (χ1v) is 8.45. The standard InChI is InChI=1S/C16H19BrN2O5/c17-11-3-4-12-13(10-11)16(23)19(15(12)22)6-1-2-14(21)18-5-8-24-9-7-20/h3-4,10,20H,1-2,5-9H2,(H,18,21). The van der Waals surface area contributed by atoms with Gasteiger partial charge in [0, 0.05) is 24.0 Å². The molecule has 8 heteroatoms. The lowest BCUT2D eigenvalue weighted by atomic mass is 10.1. The average Bonchev–Trinajstić information content (AvgIpc) is 2.79. The molecule has 0 atom stereocenters. The molecular formula is C16H19BrN2O5. The number of imide groups is 1. The Labute approximate surface area is 148 Å². The minimum Gasteiger partial charge on any atom is -0.394 e. The van der Waals surface area contributed by atoms with Gasteiger partial charge in [-0.25, -0.2) is 0 Å². The van der Waals surface area contributed by atoms with Crippen molar-refractivity contribution in [1.82, 2.24) is 10.2 Å². The van der Waals surface area contributed by atoms with Crippen LogP contribution < -0.4 is 5.32 Å². The van der Waals surface area contributed by atoms with Crippen LogP contribution in [0.25, 0.3) is 0 Å². The van der Waals surface area contributed by atoms with Crippen molar-refractivity contribution in [2.45, 2.75) is 12.8 Å². The molecule has 7 nitrogen and oxygen atoms in total. The number of aliphatic hydroxyl groups is 1. The van der Waals surface area contributed by atoms with Crippen LogP contribution in [0.3, 0.4) is 0 Å². The smallest absolute Gasteiger partial charge is 0.261 e. The van der Waals surface area contributed by atoms with E-state index >= 15 is 0 Å². The van der Waals surface area contributed by atoms with Crippen molar-refractivity contribution in [1.29, 1.82) is 0 Å². The van der Waals surface area contributed by atoms with E-state index in [9.17, 15) is 14.4 Å². The van der Waals surface area contributed by atoms with Gasteiger partial charge in [-0.1, -0.05) is 15.9 Å². The number of nitrogens with one attached hydrogen (secondary N) is 1. The van der Waals surface area contributed by atoms with Gasteiger partial charge in [-0.05, 0) is 24.6 Å². The van der Waals surface area contributed by atoms with Gasteiger partial charge in [0.05, 0.1) is 30.9 Å². The molecule has 0 bridgehead atoms. The van der Waals surface area contributed by atoms with Gasteiger partial charge in [-0.15, -0.1) is 0 Å².